The van der Waals surface area contributed by atoms with E-state index >= 15 is 0 Å². The first-order chi connectivity index (χ1) is 11.2. The predicted molar refractivity (Wildman–Crippen MR) is 93.9 cm³/mol. The van der Waals surface area contributed by atoms with E-state index in [0.29, 0.717) is 32.6 Å². The van der Waals surface area contributed by atoms with Gasteiger partial charge in [-0.15, -0.1) is 0 Å². The summed E-state index contributed by atoms with van der Waals surface area (Å²) in [6, 6.07) is 8.25. The number of benzene rings is 1. The fourth-order valence-electron chi connectivity index (χ4n) is 2.74. The number of piperazine rings is 1. The Labute approximate surface area is 144 Å². The number of ether oxygens (including phenoxy) is 1. The number of aryl methyl sites for hydroxylation is 2. The van der Waals surface area contributed by atoms with Gasteiger partial charge in [-0.2, -0.15) is 0 Å². The molecule has 1 aromatic rings. The zero-order chi connectivity index (χ0) is 17.7. The highest BCUT2D eigenvalue weighted by Crippen LogP contribution is 2.13. The van der Waals surface area contributed by atoms with E-state index in [0.717, 1.165) is 6.42 Å². The molecule has 1 saturated heterocycles. The molecule has 0 bridgehead atoms. The number of hydrogen-bond donors (Lipinski definition) is 0. The topological polar surface area (TPSA) is 49.9 Å². The van der Waals surface area contributed by atoms with Crippen LogP contribution >= 0.6 is 0 Å². The van der Waals surface area contributed by atoms with Crippen molar-refractivity contribution in [3.63, 3.8) is 0 Å². The van der Waals surface area contributed by atoms with Crippen LogP contribution in [0.25, 0.3) is 0 Å². The SMILES string of the molecule is Cc1cccc(CCC(=O)N2CCN(C(=O)OC(C)(C)C)CC2)c1. The number of hydrogen-bond acceptors (Lipinski definition) is 3. The van der Waals surface area contributed by atoms with E-state index in [4.69, 9.17) is 4.74 Å². The van der Waals surface area contributed by atoms with E-state index in [1.807, 2.05) is 31.7 Å². The monoisotopic (exact) mass is 332 g/mol. The lowest BCUT2D eigenvalue weighted by Crippen LogP contribution is -2.51. The summed E-state index contributed by atoms with van der Waals surface area (Å²) in [7, 11) is 0. The van der Waals surface area contributed by atoms with Crippen molar-refractivity contribution in [1.29, 1.82) is 0 Å². The standard InChI is InChI=1S/C19H28N2O3/c1-15-6-5-7-16(14-15)8-9-17(22)20-10-12-21(13-11-20)18(23)24-19(2,3)4/h5-7,14H,8-13H2,1-4H3. The number of carbonyl (C=O) groups is 2. The van der Waals surface area contributed by atoms with Crippen LogP contribution in [0.2, 0.25) is 0 Å². The third kappa shape index (κ3) is 5.55. The fourth-order valence-corrected chi connectivity index (χ4v) is 2.74. The van der Waals surface area contributed by atoms with Gasteiger partial charge in [0.05, 0.1) is 0 Å². The van der Waals surface area contributed by atoms with E-state index < -0.39 is 5.60 Å². The zero-order valence-electron chi connectivity index (χ0n) is 15.2. The zero-order valence-corrected chi connectivity index (χ0v) is 15.2. The van der Waals surface area contributed by atoms with E-state index in [-0.39, 0.29) is 12.0 Å². The molecule has 0 radical (unpaired) electrons. The molecule has 1 fully saturated rings. The lowest BCUT2D eigenvalue weighted by Gasteiger charge is -2.35. The van der Waals surface area contributed by atoms with Crippen LogP contribution in [0.3, 0.4) is 0 Å². The lowest BCUT2D eigenvalue weighted by molar-refractivity contribution is -0.132. The number of amides is 2. The first-order valence-electron chi connectivity index (χ1n) is 8.56. The van der Waals surface area contributed by atoms with Crippen molar-refractivity contribution in [3.8, 4) is 0 Å². The quantitative estimate of drug-likeness (QED) is 0.855. The second-order valence-corrected chi connectivity index (χ2v) is 7.34. The van der Waals surface area contributed by atoms with Crippen molar-refractivity contribution in [2.45, 2.75) is 46.1 Å². The van der Waals surface area contributed by atoms with E-state index in [1.165, 1.54) is 11.1 Å². The molecule has 0 N–H and O–H groups in total. The van der Waals surface area contributed by atoms with Gasteiger partial charge in [-0.3, -0.25) is 4.79 Å². The highest BCUT2D eigenvalue weighted by atomic mass is 16.6. The van der Waals surface area contributed by atoms with Gasteiger partial charge in [0.2, 0.25) is 5.91 Å². The summed E-state index contributed by atoms with van der Waals surface area (Å²) in [5.41, 5.74) is 1.92. The molecular formula is C19H28N2O3. The Morgan fingerprint density at radius 1 is 1.08 bits per heavy atom. The Balaban J connectivity index is 1.77. The minimum Gasteiger partial charge on any atom is -0.444 e. The number of carbonyl (C=O) groups excluding carboxylic acids is 2. The van der Waals surface area contributed by atoms with E-state index in [1.54, 1.807) is 4.90 Å². The van der Waals surface area contributed by atoms with Crippen LogP contribution in [0.5, 0.6) is 0 Å². The van der Waals surface area contributed by atoms with Gasteiger partial charge in [0, 0.05) is 32.6 Å². The molecule has 0 spiro atoms. The molecule has 1 aromatic carbocycles. The first kappa shape index (κ1) is 18.3. The van der Waals surface area contributed by atoms with Gasteiger partial charge in [0.25, 0.3) is 0 Å². The summed E-state index contributed by atoms with van der Waals surface area (Å²) >= 11 is 0. The molecule has 0 unspecified atom stereocenters. The minimum atomic E-state index is -0.488. The Morgan fingerprint density at radius 2 is 1.71 bits per heavy atom. The van der Waals surface area contributed by atoms with Crippen LogP contribution in [0.4, 0.5) is 4.79 Å². The predicted octanol–water partition coefficient (Wildman–Crippen LogP) is 3.01. The molecule has 2 rings (SSSR count). The van der Waals surface area contributed by atoms with Crippen molar-refractivity contribution < 1.29 is 14.3 Å². The van der Waals surface area contributed by atoms with Crippen molar-refractivity contribution in [1.82, 2.24) is 9.80 Å². The molecule has 132 valence electrons. The summed E-state index contributed by atoms with van der Waals surface area (Å²) in [6.45, 7) is 9.84. The highest BCUT2D eigenvalue weighted by Gasteiger charge is 2.27. The Kier molecular flexibility index (Phi) is 5.86. The Hall–Kier alpha value is -2.04. The molecule has 5 nitrogen and oxygen atoms in total. The van der Waals surface area contributed by atoms with Crippen LogP contribution in [-0.2, 0) is 16.0 Å². The Bertz CT molecular complexity index is 585. The molecule has 1 heterocycles. The average molecular weight is 332 g/mol. The van der Waals surface area contributed by atoms with E-state index in [2.05, 4.69) is 25.1 Å². The van der Waals surface area contributed by atoms with Crippen molar-refractivity contribution in [2.75, 3.05) is 26.2 Å². The first-order valence-corrected chi connectivity index (χ1v) is 8.56. The van der Waals surface area contributed by atoms with Gasteiger partial charge in [-0.25, -0.2) is 4.79 Å². The summed E-state index contributed by atoms with van der Waals surface area (Å²) in [5.74, 6) is 0.153. The molecule has 5 heteroatoms. The fraction of sp³-hybridized carbons (Fsp3) is 0.579. The second-order valence-electron chi connectivity index (χ2n) is 7.34. The van der Waals surface area contributed by atoms with E-state index in [9.17, 15) is 9.59 Å². The summed E-state index contributed by atoms with van der Waals surface area (Å²) in [5, 5.41) is 0. The van der Waals surface area contributed by atoms with Crippen molar-refractivity contribution in [2.24, 2.45) is 0 Å². The van der Waals surface area contributed by atoms with Gasteiger partial charge >= 0.3 is 6.09 Å². The number of rotatable bonds is 3. The van der Waals surface area contributed by atoms with Gasteiger partial charge in [0.15, 0.2) is 0 Å². The maximum Gasteiger partial charge on any atom is 0.410 e. The summed E-state index contributed by atoms with van der Waals surface area (Å²) in [6.07, 6.45) is 0.970. The Morgan fingerprint density at radius 3 is 2.29 bits per heavy atom. The molecule has 2 amide bonds. The maximum absolute atomic E-state index is 12.4. The third-order valence-electron chi connectivity index (χ3n) is 3.99. The van der Waals surface area contributed by atoms with Crippen molar-refractivity contribution in [3.05, 3.63) is 35.4 Å². The van der Waals surface area contributed by atoms with Gasteiger partial charge in [0.1, 0.15) is 5.60 Å². The minimum absolute atomic E-state index is 0.153. The number of nitrogens with zero attached hydrogens (tertiary/aromatic N) is 2. The molecule has 1 aliphatic rings. The van der Waals surface area contributed by atoms with Gasteiger partial charge < -0.3 is 14.5 Å². The molecule has 1 aliphatic heterocycles. The van der Waals surface area contributed by atoms with Crippen LogP contribution in [0.15, 0.2) is 24.3 Å². The lowest BCUT2D eigenvalue weighted by atomic mass is 10.1. The van der Waals surface area contributed by atoms with Gasteiger partial charge in [-0.05, 0) is 39.7 Å². The van der Waals surface area contributed by atoms with Crippen LogP contribution in [0.1, 0.15) is 38.3 Å². The molecule has 0 atom stereocenters. The van der Waals surface area contributed by atoms with Crippen LogP contribution in [-0.4, -0.2) is 53.6 Å². The van der Waals surface area contributed by atoms with Crippen LogP contribution < -0.4 is 0 Å². The average Bonchev–Trinajstić information content (AvgIpc) is 2.51. The molecule has 0 saturated carbocycles. The smallest absolute Gasteiger partial charge is 0.410 e. The summed E-state index contributed by atoms with van der Waals surface area (Å²) in [4.78, 5) is 27.9. The largest absolute Gasteiger partial charge is 0.444 e. The second kappa shape index (κ2) is 7.69. The van der Waals surface area contributed by atoms with Gasteiger partial charge in [-0.1, -0.05) is 29.8 Å². The maximum atomic E-state index is 12.4. The third-order valence-corrected chi connectivity index (χ3v) is 3.99. The van der Waals surface area contributed by atoms with Crippen LogP contribution in [0, 0.1) is 6.92 Å². The molecule has 24 heavy (non-hydrogen) atoms. The van der Waals surface area contributed by atoms with Crippen molar-refractivity contribution >= 4 is 12.0 Å². The molecular weight excluding hydrogens is 304 g/mol. The normalized spacial score (nSPS) is 15.3. The molecule has 0 aliphatic carbocycles. The summed E-state index contributed by atoms with van der Waals surface area (Å²) < 4.78 is 5.37. The highest BCUT2D eigenvalue weighted by molar-refractivity contribution is 5.77. The molecule has 0 aromatic heterocycles.